The fraction of sp³-hybridized carbons (Fsp3) is 0.750. The highest BCUT2D eigenvalue weighted by Crippen LogP contribution is 1.79. The van der Waals surface area contributed by atoms with Crippen molar-refractivity contribution in [3.63, 3.8) is 0 Å². The Labute approximate surface area is 41.1 Å². The maximum Gasteiger partial charge on any atom is 0.0170 e. The molecule has 1 N–H and O–H groups in total. The summed E-state index contributed by atoms with van der Waals surface area (Å²) >= 11 is 0. The minimum atomic E-state index is 0.252. The largest absolute Gasteiger partial charge is 0.313 e. The van der Waals surface area contributed by atoms with Gasteiger partial charge in [0.1, 0.15) is 0 Å². The fourth-order valence-corrected chi connectivity index (χ4v) is 0.919. The molecule has 0 unspecified atom stereocenters. The van der Waals surface area contributed by atoms with Crippen LogP contribution in [0.2, 0.25) is 12.6 Å². The van der Waals surface area contributed by atoms with Crippen LogP contribution in [-0.2, 0) is 0 Å². The SMILES string of the molecule is C[SiH2]CCC=N. The Morgan fingerprint density at radius 3 is 2.67 bits per heavy atom. The maximum absolute atomic E-state index is 6.60. The molecular formula is C4H11NSi. The van der Waals surface area contributed by atoms with Gasteiger partial charge in [-0.25, -0.2) is 0 Å². The predicted molar refractivity (Wildman–Crippen MR) is 32.6 cm³/mol. The van der Waals surface area contributed by atoms with Crippen molar-refractivity contribution in [1.29, 1.82) is 5.41 Å². The summed E-state index contributed by atoms with van der Waals surface area (Å²) < 4.78 is 0. The average molecular weight is 101 g/mol. The molecule has 0 radical (unpaired) electrons. The van der Waals surface area contributed by atoms with Crippen LogP contribution >= 0.6 is 0 Å². The van der Waals surface area contributed by atoms with Crippen LogP contribution in [0.25, 0.3) is 0 Å². The minimum absolute atomic E-state index is 0.252. The Balaban J connectivity index is 2.49. The van der Waals surface area contributed by atoms with Crippen molar-refractivity contribution >= 4 is 15.7 Å². The van der Waals surface area contributed by atoms with E-state index in [1.807, 2.05) is 0 Å². The summed E-state index contributed by atoms with van der Waals surface area (Å²) in [6.07, 6.45) is 2.51. The molecule has 0 rings (SSSR count). The Kier molecular flexibility index (Phi) is 4.79. The average Bonchev–Trinajstić information content (AvgIpc) is 1.61. The lowest BCUT2D eigenvalue weighted by Gasteiger charge is -1.79. The third-order valence-electron chi connectivity index (χ3n) is 0.702. The summed E-state index contributed by atoms with van der Waals surface area (Å²) in [5.74, 6) is 0. The highest BCUT2D eigenvalue weighted by molar-refractivity contribution is 6.33. The molecule has 0 saturated carbocycles. The van der Waals surface area contributed by atoms with Gasteiger partial charge < -0.3 is 5.41 Å². The van der Waals surface area contributed by atoms with Gasteiger partial charge in [0.05, 0.1) is 0 Å². The van der Waals surface area contributed by atoms with E-state index in [0.29, 0.717) is 0 Å². The van der Waals surface area contributed by atoms with Gasteiger partial charge in [-0.3, -0.25) is 0 Å². The number of nitrogens with one attached hydrogen (secondary N) is 1. The molecule has 0 aliphatic rings. The molecule has 0 amide bonds. The molecule has 0 aromatic rings. The van der Waals surface area contributed by atoms with Crippen LogP contribution in [0, 0.1) is 5.41 Å². The summed E-state index contributed by atoms with van der Waals surface area (Å²) in [6.45, 7) is 2.27. The van der Waals surface area contributed by atoms with E-state index in [1.54, 1.807) is 0 Å². The Hall–Kier alpha value is -0.113. The van der Waals surface area contributed by atoms with E-state index in [-0.39, 0.29) is 9.52 Å². The number of hydrogen-bond acceptors (Lipinski definition) is 1. The van der Waals surface area contributed by atoms with Crippen LogP contribution in [0.4, 0.5) is 0 Å². The van der Waals surface area contributed by atoms with Crippen LogP contribution in [-0.4, -0.2) is 15.7 Å². The lowest BCUT2D eigenvalue weighted by molar-refractivity contribution is 1.27. The van der Waals surface area contributed by atoms with E-state index < -0.39 is 0 Å². The second-order valence-electron chi connectivity index (χ2n) is 1.35. The third-order valence-corrected chi connectivity index (χ3v) is 1.82. The molecule has 0 saturated heterocycles. The first-order valence-corrected chi connectivity index (χ1v) is 4.82. The zero-order valence-electron chi connectivity index (χ0n) is 4.20. The van der Waals surface area contributed by atoms with Crippen molar-refractivity contribution in [2.24, 2.45) is 0 Å². The number of hydrogen-bond donors (Lipinski definition) is 1. The first kappa shape index (κ1) is 5.89. The highest BCUT2D eigenvalue weighted by Gasteiger charge is 1.73. The van der Waals surface area contributed by atoms with Crippen molar-refractivity contribution in [2.45, 2.75) is 19.0 Å². The van der Waals surface area contributed by atoms with E-state index in [9.17, 15) is 0 Å². The van der Waals surface area contributed by atoms with Gasteiger partial charge in [-0.1, -0.05) is 12.6 Å². The summed E-state index contributed by atoms with van der Waals surface area (Å²) in [6, 6.07) is 1.31. The van der Waals surface area contributed by atoms with E-state index in [0.717, 1.165) is 6.42 Å². The normalized spacial score (nSPS) is 10.2. The van der Waals surface area contributed by atoms with Crippen molar-refractivity contribution in [2.75, 3.05) is 0 Å². The zero-order valence-corrected chi connectivity index (χ0v) is 5.61. The standard InChI is InChI=1S/C4H11NSi/c1-6-4-2-3-5/h3,5H,2,4,6H2,1H3. The van der Waals surface area contributed by atoms with Crippen molar-refractivity contribution in [3.8, 4) is 0 Å². The number of rotatable bonds is 3. The van der Waals surface area contributed by atoms with Gasteiger partial charge in [0, 0.05) is 9.52 Å². The zero-order chi connectivity index (χ0) is 4.83. The second kappa shape index (κ2) is 4.89. The van der Waals surface area contributed by atoms with Gasteiger partial charge >= 0.3 is 0 Å². The van der Waals surface area contributed by atoms with Gasteiger partial charge in [-0.2, -0.15) is 0 Å². The monoisotopic (exact) mass is 101 g/mol. The van der Waals surface area contributed by atoms with Gasteiger partial charge in [0.2, 0.25) is 0 Å². The van der Waals surface area contributed by atoms with Crippen molar-refractivity contribution in [1.82, 2.24) is 0 Å². The van der Waals surface area contributed by atoms with Crippen molar-refractivity contribution < 1.29 is 0 Å². The molecule has 0 aromatic carbocycles. The van der Waals surface area contributed by atoms with Crippen LogP contribution in [0.5, 0.6) is 0 Å². The Morgan fingerprint density at radius 2 is 2.50 bits per heavy atom. The van der Waals surface area contributed by atoms with E-state index >= 15 is 0 Å². The summed E-state index contributed by atoms with van der Waals surface area (Å²) in [7, 11) is 0.252. The van der Waals surface area contributed by atoms with Gasteiger partial charge in [-0.05, 0) is 12.6 Å². The Morgan fingerprint density at radius 1 is 1.83 bits per heavy atom. The lowest BCUT2D eigenvalue weighted by Crippen LogP contribution is -1.78. The van der Waals surface area contributed by atoms with Gasteiger partial charge in [0.25, 0.3) is 0 Å². The van der Waals surface area contributed by atoms with Crippen LogP contribution in [0.15, 0.2) is 0 Å². The molecule has 36 valence electrons. The smallest absolute Gasteiger partial charge is 0.0170 e. The van der Waals surface area contributed by atoms with Crippen molar-refractivity contribution in [3.05, 3.63) is 0 Å². The fourth-order valence-electron chi connectivity index (χ4n) is 0.306. The highest BCUT2D eigenvalue weighted by atomic mass is 28.2. The summed E-state index contributed by atoms with van der Waals surface area (Å²) in [5.41, 5.74) is 0. The molecule has 0 aromatic heterocycles. The van der Waals surface area contributed by atoms with Crippen LogP contribution < -0.4 is 0 Å². The van der Waals surface area contributed by atoms with E-state index in [2.05, 4.69) is 6.55 Å². The van der Waals surface area contributed by atoms with E-state index in [1.165, 1.54) is 12.3 Å². The Bertz CT molecular complexity index is 36.5. The molecule has 0 bridgehead atoms. The summed E-state index contributed by atoms with van der Waals surface area (Å²) in [4.78, 5) is 0. The van der Waals surface area contributed by atoms with Gasteiger partial charge in [0.15, 0.2) is 0 Å². The molecule has 0 spiro atoms. The molecule has 6 heavy (non-hydrogen) atoms. The molecule has 0 aliphatic carbocycles. The molecule has 0 fully saturated rings. The van der Waals surface area contributed by atoms with Crippen LogP contribution in [0.3, 0.4) is 0 Å². The second-order valence-corrected chi connectivity index (χ2v) is 3.05. The van der Waals surface area contributed by atoms with Gasteiger partial charge in [-0.15, -0.1) is 0 Å². The first-order chi connectivity index (χ1) is 2.91. The molecule has 0 atom stereocenters. The minimum Gasteiger partial charge on any atom is -0.313 e. The molecular weight excluding hydrogens is 90.1 g/mol. The molecule has 1 nitrogen and oxygen atoms in total. The lowest BCUT2D eigenvalue weighted by atomic mass is 10.5. The van der Waals surface area contributed by atoms with Crippen LogP contribution in [0.1, 0.15) is 6.42 Å². The quantitative estimate of drug-likeness (QED) is 0.307. The molecule has 2 heteroatoms. The maximum atomic E-state index is 6.60. The van der Waals surface area contributed by atoms with E-state index in [4.69, 9.17) is 5.41 Å². The summed E-state index contributed by atoms with van der Waals surface area (Å²) in [5, 5.41) is 6.60. The third kappa shape index (κ3) is 3.89. The molecule has 0 heterocycles. The first-order valence-electron chi connectivity index (χ1n) is 2.40. The molecule has 0 aliphatic heterocycles. The predicted octanol–water partition coefficient (Wildman–Crippen LogP) is 0.661. The topological polar surface area (TPSA) is 23.9 Å².